The van der Waals surface area contributed by atoms with Gasteiger partial charge in [0.25, 0.3) is 0 Å². The van der Waals surface area contributed by atoms with E-state index in [1.807, 2.05) is 108 Å². The summed E-state index contributed by atoms with van der Waals surface area (Å²) >= 11 is 0. The molecule has 8 saturated carbocycles. The number of hydrogen-bond donors (Lipinski definition) is 9. The van der Waals surface area contributed by atoms with E-state index in [-0.39, 0.29) is 42.2 Å². The Morgan fingerprint density at radius 1 is 0.319 bits per heavy atom. The van der Waals surface area contributed by atoms with Crippen LogP contribution in [0, 0.1) is 96.6 Å². The minimum atomic E-state index is -2.75. The molecule has 8 aliphatic rings. The van der Waals surface area contributed by atoms with Gasteiger partial charge in [0, 0.05) is 110 Å². The van der Waals surface area contributed by atoms with Crippen molar-refractivity contribution in [2.75, 3.05) is 68.6 Å². The van der Waals surface area contributed by atoms with E-state index in [1.54, 1.807) is 64.1 Å². The monoisotopic (exact) mass is 1990 g/mol. The zero-order valence-corrected chi connectivity index (χ0v) is 96.3. The van der Waals surface area contributed by atoms with Gasteiger partial charge in [0.05, 0.1) is 27.1 Å². The van der Waals surface area contributed by atoms with Crippen molar-refractivity contribution in [3.05, 3.63) is 89.5 Å². The van der Waals surface area contributed by atoms with Gasteiger partial charge >= 0.3 is 36.2 Å². The summed E-state index contributed by atoms with van der Waals surface area (Å²) in [6.45, 7) is 63.5. The molecule has 0 radical (unpaired) electrons. The number of sulfone groups is 1. The van der Waals surface area contributed by atoms with Gasteiger partial charge < -0.3 is 81.5 Å². The molecule has 0 aliphatic heterocycles. The fourth-order valence-corrected chi connectivity index (χ4v) is 22.0. The summed E-state index contributed by atoms with van der Waals surface area (Å²) in [5.74, 6) is 9.67. The highest BCUT2D eigenvalue weighted by Gasteiger charge is 2.41. The Morgan fingerprint density at radius 2 is 0.553 bits per heavy atom. The molecule has 808 valence electrons. The molecule has 25 nitrogen and oxygen atoms in total. The Hall–Kier alpha value is -7.90. The predicted octanol–water partition coefficient (Wildman–Crippen LogP) is 25.0. The molecule has 0 aromatic heterocycles. The summed E-state index contributed by atoms with van der Waals surface area (Å²) in [5, 5.41) is 26.6. The molecule has 0 unspecified atom stereocenters. The van der Waals surface area contributed by atoms with Crippen molar-refractivity contribution in [1.82, 2.24) is 62.6 Å². The molecule has 12 amide bonds. The Kier molecular flexibility index (Phi) is 49.9. The number of hydrogen-bond acceptors (Lipinski definition) is 13. The second kappa shape index (κ2) is 56.1. The minimum Gasteiger partial charge on any atom is -0.497 e. The van der Waals surface area contributed by atoms with Gasteiger partial charge in [0.1, 0.15) is 32.7 Å². The first-order valence-electron chi connectivity index (χ1n) is 53.0. The maximum atomic E-state index is 12.3. The van der Waals surface area contributed by atoms with Crippen LogP contribution in [0.15, 0.2) is 72.8 Å². The van der Waals surface area contributed by atoms with Crippen molar-refractivity contribution >= 4 is 52.0 Å². The largest absolute Gasteiger partial charge is 0.497 e. The summed E-state index contributed by atoms with van der Waals surface area (Å²) in [6, 6.07) is 25.9. The van der Waals surface area contributed by atoms with Crippen LogP contribution >= 0.6 is 0 Å². The van der Waals surface area contributed by atoms with Crippen LogP contribution < -0.4 is 62.1 Å². The summed E-state index contributed by atoms with van der Waals surface area (Å²) in [7, 11) is 11.1. The van der Waals surface area contributed by atoms with E-state index in [2.05, 4.69) is 214 Å². The zero-order chi connectivity index (χ0) is 107. The number of nitrogens with zero attached hydrogens (tertiary/aromatic N) is 3. The fraction of sp³-hybridized carbons (Fsp3) is 0.783. The topological polar surface area (TPSA) is 309 Å². The zero-order valence-electron chi connectivity index (χ0n) is 95.5. The normalized spacial score (nSPS) is 23.8. The maximum absolute atomic E-state index is 12.3. The number of ether oxygens (including phenoxy) is 4. The predicted molar refractivity (Wildman–Crippen MR) is 581 cm³/mol. The quantitative estimate of drug-likeness (QED) is 0.0362. The van der Waals surface area contributed by atoms with E-state index in [0.29, 0.717) is 117 Å². The van der Waals surface area contributed by atoms with E-state index in [0.717, 1.165) is 171 Å². The molecule has 0 saturated heterocycles. The van der Waals surface area contributed by atoms with Crippen molar-refractivity contribution < 1.29 is 60.9 Å². The van der Waals surface area contributed by atoms with Gasteiger partial charge in [-0.15, -0.1) is 0 Å². The van der Waals surface area contributed by atoms with Crippen LogP contribution in [0.3, 0.4) is 0 Å². The van der Waals surface area contributed by atoms with Crippen LogP contribution in [0.2, 0.25) is 0 Å². The lowest BCUT2D eigenvalue weighted by molar-refractivity contribution is -0.120. The van der Waals surface area contributed by atoms with Gasteiger partial charge in [-0.05, 0) is 325 Å². The van der Waals surface area contributed by atoms with Crippen molar-refractivity contribution in [1.29, 1.82) is 0 Å². The Morgan fingerprint density at radius 3 is 0.787 bits per heavy atom. The molecule has 9 N–H and O–H groups in total. The molecular formula is C115H204N12O13S. The summed E-state index contributed by atoms with van der Waals surface area (Å²) in [6.07, 6.45) is 29.0. The first-order valence-corrected chi connectivity index (χ1v) is 55.1. The second-order valence-electron chi connectivity index (χ2n) is 54.1. The third-order valence-electron chi connectivity index (χ3n) is 26.6. The number of benzene rings is 3. The minimum absolute atomic E-state index is 0.0139. The molecule has 11 rings (SSSR count). The third kappa shape index (κ3) is 57.6. The lowest BCUT2D eigenvalue weighted by Gasteiger charge is -2.39. The highest BCUT2D eigenvalue weighted by atomic mass is 32.2. The number of rotatable bonds is 26. The average Bonchev–Trinajstić information content (AvgIpc) is 0.796. The number of urea groups is 5. The van der Waals surface area contributed by atoms with E-state index >= 15 is 0 Å². The van der Waals surface area contributed by atoms with Gasteiger partial charge in [0.15, 0.2) is 0 Å². The molecule has 0 bridgehead atoms. The van der Waals surface area contributed by atoms with Crippen molar-refractivity contribution in [2.45, 2.75) is 415 Å². The lowest BCUT2D eigenvalue weighted by Crippen LogP contribution is -2.49. The molecule has 3 aromatic carbocycles. The van der Waals surface area contributed by atoms with Gasteiger partial charge in [-0.25, -0.2) is 37.2 Å². The molecule has 8 aliphatic carbocycles. The molecule has 26 heteroatoms. The Labute approximate surface area is 857 Å². The van der Waals surface area contributed by atoms with Crippen LogP contribution in [-0.4, -0.2) is 182 Å². The molecule has 0 atom stereocenters. The molecular weight excluding hydrogens is 1790 g/mol. The first kappa shape index (κ1) is 125. The summed E-state index contributed by atoms with van der Waals surface area (Å²) in [5.41, 5.74) is 6.05. The third-order valence-corrected chi connectivity index (χ3v) is 27.7. The van der Waals surface area contributed by atoms with Crippen LogP contribution in [0.25, 0.3) is 0 Å². The van der Waals surface area contributed by atoms with E-state index in [4.69, 9.17) is 18.9 Å². The summed E-state index contributed by atoms with van der Waals surface area (Å²) < 4.78 is 42.7. The number of nitrogens with one attached hydrogen (secondary N) is 9. The van der Waals surface area contributed by atoms with Crippen molar-refractivity contribution in [3.8, 4) is 17.2 Å². The molecule has 141 heavy (non-hydrogen) atoms. The molecule has 0 heterocycles. The Balaban J connectivity index is 0.000000339. The molecule has 0 spiro atoms. The SMILES string of the molecule is CC(=O)NC1CC(CC(C)(C)C)C1.CC(C)(C)CC1CC(CS(C)(=O)=O)C1.CC(C)(C)CC1CC(NC(=O)OC(C)(C)C)C1.CN(C)C(=O)NC1CC(CC(C)(C)C)C1.CNC(=O)NC1CC(CC(C)(C)C)C1.COc1ccc(CN(C)C(=O)NC2CC(CC(C)(C)C)C2)cc1.COc1ccc(CN(C)C(=O)NC2CC(CC(C)(C)C)C2)cc1.COc1ccc(CNC(=O)NC2CC(CC(C)(C)C)C2)cc1. The average molecular weight is 2000 g/mol. The number of alkyl carbamates (subject to hydrolysis) is 1. The standard InChI is InChI=1S/2C19H30N2O2.C18H28N2O2.C14H27NO2.C12H24N2O.C11H22N2O.C11H21NO.C11H22O2S/c2*1-19(2,3)12-15-10-16(11-15)20-18(22)21(4)13-14-6-8-17(23-5)9-7-14;1-18(2,3)11-14-9-15(10-14)20-17(21)19-12-13-5-7-16(22-4)8-6-13;1-13(2,3)9-10-7-11(8-10)15-12(16)17-14(4,5)6;1-12(2,3)8-9-6-10(7-9)13-11(15)14(4)5;1-11(2,3)7-8-5-9(6-8)13-10(14)12-4;1-8(13)12-10-5-9(6-10)7-11(2,3)4;1-11(2,3)7-9-5-10(6-9)8-14(4,12)13/h2*6-9,15-16H,10-13H2,1-5H3,(H,20,22);5-8,14-15H,9-12H2,1-4H3,(H2,19,20,21);10-11H,7-9H2,1-6H3,(H,15,16);9-10H,6-8H2,1-5H3,(H,13,15);8-9H,5-7H2,1-4H3,(H2,12,13,14);9-10H,5-7H2,1-4H3,(H,12,13);9-10H,5-8H2,1-4H3. The van der Waals surface area contributed by atoms with Gasteiger partial charge in [-0.2, -0.15) is 0 Å². The van der Waals surface area contributed by atoms with Crippen molar-refractivity contribution in [3.63, 3.8) is 0 Å². The second-order valence-corrected chi connectivity index (χ2v) is 56.2. The van der Waals surface area contributed by atoms with Gasteiger partial charge in [-0.3, -0.25) is 4.79 Å². The fourth-order valence-electron chi connectivity index (χ4n) is 20.9. The summed E-state index contributed by atoms with van der Waals surface area (Å²) in [4.78, 5) is 86.0. The van der Waals surface area contributed by atoms with E-state index < -0.39 is 15.4 Å². The van der Waals surface area contributed by atoms with Crippen molar-refractivity contribution in [2.24, 2.45) is 96.6 Å². The molecule has 8 fully saturated rings. The van der Waals surface area contributed by atoms with E-state index in [1.165, 1.54) is 70.5 Å². The lowest BCUT2D eigenvalue weighted by atomic mass is 9.69. The van der Waals surface area contributed by atoms with Gasteiger partial charge in [-0.1, -0.05) is 203 Å². The van der Waals surface area contributed by atoms with E-state index in [9.17, 15) is 42.0 Å². The number of methoxy groups -OCH3 is 3. The van der Waals surface area contributed by atoms with Crippen LogP contribution in [0.1, 0.15) is 365 Å². The van der Waals surface area contributed by atoms with Crippen LogP contribution in [-0.2, 0) is 39.0 Å². The number of amides is 12. The first-order chi connectivity index (χ1) is 64.6. The highest BCUT2D eigenvalue weighted by Crippen LogP contribution is 2.45. The number of carbonyl (C=O) groups excluding carboxylic acids is 7. The van der Waals surface area contributed by atoms with Gasteiger partial charge in [0.2, 0.25) is 5.91 Å². The maximum Gasteiger partial charge on any atom is 0.407 e. The smallest absolute Gasteiger partial charge is 0.407 e. The number of carbonyl (C=O) groups is 7. The van der Waals surface area contributed by atoms with Crippen LogP contribution in [0.5, 0.6) is 17.2 Å². The van der Waals surface area contributed by atoms with Crippen LogP contribution in [0.4, 0.5) is 28.8 Å². The molecule has 3 aromatic rings. The Bertz CT molecular complexity index is 4180. The highest BCUT2D eigenvalue weighted by molar-refractivity contribution is 7.90.